The lowest BCUT2D eigenvalue weighted by Crippen LogP contribution is -2.42. The Hall–Kier alpha value is -1.64. The van der Waals surface area contributed by atoms with E-state index in [0.29, 0.717) is 22.9 Å². The summed E-state index contributed by atoms with van der Waals surface area (Å²) >= 11 is 5.47. The number of nitrogens with one attached hydrogen (secondary N) is 1. The van der Waals surface area contributed by atoms with Gasteiger partial charge in [0.1, 0.15) is 0 Å². The average Bonchev–Trinajstić information content (AvgIpc) is 2.73. The van der Waals surface area contributed by atoms with Crippen LogP contribution in [-0.2, 0) is 10.9 Å². The summed E-state index contributed by atoms with van der Waals surface area (Å²) in [7, 11) is 4.03. The van der Waals surface area contributed by atoms with E-state index < -0.39 is 11.7 Å². The van der Waals surface area contributed by atoms with Crippen molar-refractivity contribution in [3.05, 3.63) is 42.5 Å². The lowest BCUT2D eigenvalue weighted by atomic mass is 9.92. The molecule has 0 amide bonds. The van der Waals surface area contributed by atoms with Crippen LogP contribution in [0, 0.1) is 0 Å². The normalized spacial score (nSPS) is 19.3. The molecule has 2 rings (SSSR count). The Bertz CT molecular complexity index is 688. The number of unbranched alkanes of at least 4 members (excludes halogenated alkanes) is 1. The molecule has 0 radical (unpaired) electrons. The molecule has 31 heavy (non-hydrogen) atoms. The summed E-state index contributed by atoms with van der Waals surface area (Å²) in [4.78, 5) is 4.26. The molecule has 1 aromatic rings. The first-order chi connectivity index (χ1) is 14.7. The molecular weight excluding hydrogens is 423 g/mol. The average molecular weight is 458 g/mol. The van der Waals surface area contributed by atoms with E-state index in [4.69, 9.17) is 17.0 Å². The van der Waals surface area contributed by atoms with E-state index in [1.54, 1.807) is 0 Å². The molecule has 0 aromatic heterocycles. The predicted molar refractivity (Wildman–Crippen MR) is 124 cm³/mol. The number of ether oxygens (including phenoxy) is 1. The van der Waals surface area contributed by atoms with Crippen LogP contribution < -0.4 is 5.32 Å². The van der Waals surface area contributed by atoms with Crippen LogP contribution in [0.25, 0.3) is 0 Å². The summed E-state index contributed by atoms with van der Waals surface area (Å²) in [6, 6.07) is 5.24. The van der Waals surface area contributed by atoms with Gasteiger partial charge in [-0.3, -0.25) is 0 Å². The van der Waals surface area contributed by atoms with Crippen LogP contribution in [0.5, 0.6) is 0 Å². The van der Waals surface area contributed by atoms with Crippen molar-refractivity contribution >= 4 is 23.0 Å². The minimum atomic E-state index is -4.33. The van der Waals surface area contributed by atoms with Gasteiger partial charge in [0, 0.05) is 31.9 Å². The molecule has 174 valence electrons. The van der Waals surface area contributed by atoms with Gasteiger partial charge in [-0.1, -0.05) is 6.08 Å². The SMILES string of the molecule is C=CCN(C)CCCCOC1CCC(N(C)C(=S)Nc2ccc(C(F)(F)F)cc2)CC1. The zero-order valence-electron chi connectivity index (χ0n) is 18.5. The number of alkyl halides is 3. The second-order valence-corrected chi connectivity index (χ2v) is 8.56. The highest BCUT2D eigenvalue weighted by Crippen LogP contribution is 2.30. The van der Waals surface area contributed by atoms with Crippen molar-refractivity contribution in [2.75, 3.05) is 39.1 Å². The molecule has 0 atom stereocenters. The number of hydrogen-bond donors (Lipinski definition) is 1. The largest absolute Gasteiger partial charge is 0.416 e. The summed E-state index contributed by atoms with van der Waals surface area (Å²) in [6.45, 7) is 6.50. The smallest absolute Gasteiger partial charge is 0.378 e. The quantitative estimate of drug-likeness (QED) is 0.282. The highest BCUT2D eigenvalue weighted by molar-refractivity contribution is 7.80. The highest BCUT2D eigenvalue weighted by Gasteiger charge is 2.30. The number of benzene rings is 1. The van der Waals surface area contributed by atoms with Crippen molar-refractivity contribution in [3.63, 3.8) is 0 Å². The minimum absolute atomic E-state index is 0.298. The summed E-state index contributed by atoms with van der Waals surface area (Å²) in [5.74, 6) is 0. The summed E-state index contributed by atoms with van der Waals surface area (Å²) in [5, 5.41) is 3.56. The van der Waals surface area contributed by atoms with Gasteiger partial charge in [-0.2, -0.15) is 13.2 Å². The van der Waals surface area contributed by atoms with Crippen molar-refractivity contribution in [1.29, 1.82) is 0 Å². The first-order valence-electron chi connectivity index (χ1n) is 10.8. The van der Waals surface area contributed by atoms with Crippen LogP contribution in [0.1, 0.15) is 44.1 Å². The monoisotopic (exact) mass is 457 g/mol. The van der Waals surface area contributed by atoms with Gasteiger partial charge >= 0.3 is 6.18 Å². The molecule has 1 fully saturated rings. The van der Waals surface area contributed by atoms with E-state index in [1.165, 1.54) is 12.1 Å². The molecule has 1 aliphatic carbocycles. The first kappa shape index (κ1) is 25.6. The fourth-order valence-corrected chi connectivity index (χ4v) is 4.03. The van der Waals surface area contributed by atoms with E-state index in [1.807, 2.05) is 18.0 Å². The van der Waals surface area contributed by atoms with Gasteiger partial charge < -0.3 is 19.9 Å². The van der Waals surface area contributed by atoms with Gasteiger partial charge in [0.25, 0.3) is 0 Å². The Morgan fingerprint density at radius 1 is 1.16 bits per heavy atom. The van der Waals surface area contributed by atoms with Crippen molar-refractivity contribution in [2.24, 2.45) is 0 Å². The Morgan fingerprint density at radius 2 is 1.81 bits per heavy atom. The lowest BCUT2D eigenvalue weighted by molar-refractivity contribution is -0.137. The first-order valence-corrected chi connectivity index (χ1v) is 11.2. The Kier molecular flexibility index (Phi) is 10.3. The van der Waals surface area contributed by atoms with Crippen molar-refractivity contribution in [1.82, 2.24) is 9.80 Å². The fraction of sp³-hybridized carbons (Fsp3) is 0.609. The summed E-state index contributed by atoms with van der Waals surface area (Å²) in [5.41, 5.74) is -0.111. The minimum Gasteiger partial charge on any atom is -0.378 e. The molecule has 0 aliphatic heterocycles. The third-order valence-corrected chi connectivity index (χ3v) is 6.09. The number of thiocarbonyl (C=S) groups is 1. The van der Waals surface area contributed by atoms with E-state index in [0.717, 1.165) is 70.4 Å². The van der Waals surface area contributed by atoms with Crippen LogP contribution in [-0.4, -0.2) is 60.8 Å². The molecule has 0 saturated heterocycles. The van der Waals surface area contributed by atoms with Gasteiger partial charge in [0.05, 0.1) is 11.7 Å². The molecule has 1 saturated carbocycles. The third-order valence-electron chi connectivity index (χ3n) is 5.70. The number of halogens is 3. The molecule has 1 aliphatic rings. The second kappa shape index (κ2) is 12.4. The summed E-state index contributed by atoms with van der Waals surface area (Å²) < 4.78 is 44.1. The second-order valence-electron chi connectivity index (χ2n) is 8.18. The molecule has 8 heteroatoms. The zero-order valence-corrected chi connectivity index (χ0v) is 19.3. The number of anilines is 1. The van der Waals surface area contributed by atoms with Gasteiger partial charge in [-0.25, -0.2) is 0 Å². The van der Waals surface area contributed by atoms with Crippen LogP contribution >= 0.6 is 12.2 Å². The molecule has 0 unspecified atom stereocenters. The molecular formula is C23H34F3N3OS. The number of rotatable bonds is 10. The zero-order chi connectivity index (χ0) is 22.9. The van der Waals surface area contributed by atoms with E-state index in [-0.39, 0.29) is 0 Å². The Labute approximate surface area is 189 Å². The van der Waals surface area contributed by atoms with Crippen LogP contribution in [0.3, 0.4) is 0 Å². The van der Waals surface area contributed by atoms with Crippen molar-refractivity contribution in [2.45, 2.75) is 56.8 Å². The lowest BCUT2D eigenvalue weighted by Gasteiger charge is -2.36. The topological polar surface area (TPSA) is 27.7 Å². The number of hydrogen-bond acceptors (Lipinski definition) is 3. The molecule has 0 heterocycles. The van der Waals surface area contributed by atoms with E-state index >= 15 is 0 Å². The van der Waals surface area contributed by atoms with Gasteiger partial charge in [-0.15, -0.1) is 6.58 Å². The molecule has 1 N–H and O–H groups in total. The van der Waals surface area contributed by atoms with E-state index in [9.17, 15) is 13.2 Å². The molecule has 1 aromatic carbocycles. The molecule has 0 spiro atoms. The van der Waals surface area contributed by atoms with Crippen LogP contribution in [0.4, 0.5) is 18.9 Å². The van der Waals surface area contributed by atoms with Crippen LogP contribution in [0.15, 0.2) is 36.9 Å². The molecule has 0 bridgehead atoms. The van der Waals surface area contributed by atoms with Gasteiger partial charge in [-0.05, 0) is 88.6 Å². The standard InChI is InChI=1S/C23H34F3N3OS/c1-4-15-28(2)16-5-6-17-30-21-13-11-20(12-14-21)29(3)22(31)27-19-9-7-18(8-10-19)23(24,25)26/h4,7-10,20-21H,1,5-6,11-17H2,2-3H3,(H,27,31). The summed E-state index contributed by atoms with van der Waals surface area (Å²) in [6.07, 6.45) is 4.01. The highest BCUT2D eigenvalue weighted by atomic mass is 32.1. The Morgan fingerprint density at radius 3 is 2.39 bits per heavy atom. The maximum Gasteiger partial charge on any atom is 0.416 e. The fourth-order valence-electron chi connectivity index (χ4n) is 3.76. The van der Waals surface area contributed by atoms with Gasteiger partial charge in [0.2, 0.25) is 0 Å². The molecule has 4 nitrogen and oxygen atoms in total. The maximum absolute atomic E-state index is 12.7. The van der Waals surface area contributed by atoms with E-state index in [2.05, 4.69) is 23.8 Å². The van der Waals surface area contributed by atoms with Crippen molar-refractivity contribution < 1.29 is 17.9 Å². The Balaban J connectivity index is 1.67. The number of likely N-dealkylation sites (N-methyl/N-ethyl adjacent to an activating group) is 1. The van der Waals surface area contributed by atoms with Gasteiger partial charge in [0.15, 0.2) is 5.11 Å². The van der Waals surface area contributed by atoms with Crippen LogP contribution in [0.2, 0.25) is 0 Å². The third kappa shape index (κ3) is 8.79. The van der Waals surface area contributed by atoms with Crippen molar-refractivity contribution in [3.8, 4) is 0 Å². The predicted octanol–water partition coefficient (Wildman–Crippen LogP) is 5.56. The maximum atomic E-state index is 12.7. The number of nitrogens with zero attached hydrogens (tertiary/aromatic N) is 2.